The largest absolute Gasteiger partial charge is 0.294 e. The highest BCUT2D eigenvalue weighted by molar-refractivity contribution is 5.99. The van der Waals surface area contributed by atoms with Gasteiger partial charge >= 0.3 is 0 Å². The van der Waals surface area contributed by atoms with E-state index in [4.69, 9.17) is 0 Å². The highest BCUT2D eigenvalue weighted by atomic mass is 16.1. The van der Waals surface area contributed by atoms with Gasteiger partial charge in [-0.15, -0.1) is 0 Å². The zero-order valence-corrected chi connectivity index (χ0v) is 9.47. The van der Waals surface area contributed by atoms with Gasteiger partial charge in [-0.1, -0.05) is 30.3 Å². The van der Waals surface area contributed by atoms with Crippen LogP contribution in [0.5, 0.6) is 0 Å². The molecule has 1 aliphatic rings. The average molecular weight is 223 g/mol. The molecule has 2 heteroatoms. The smallest absolute Gasteiger partial charge is 0.167 e. The van der Waals surface area contributed by atoms with Crippen LogP contribution in [0.4, 0.5) is 0 Å². The SMILES string of the molecule is O=C(c1ccc(-c2ccccc2)nc1)C1CC1. The summed E-state index contributed by atoms with van der Waals surface area (Å²) in [4.78, 5) is 16.2. The summed E-state index contributed by atoms with van der Waals surface area (Å²) < 4.78 is 0. The number of carbonyl (C=O) groups is 1. The second-order valence-electron chi connectivity index (χ2n) is 4.44. The number of rotatable bonds is 3. The van der Waals surface area contributed by atoms with Crippen molar-refractivity contribution >= 4 is 5.78 Å². The van der Waals surface area contributed by atoms with Crippen molar-refractivity contribution in [3.05, 3.63) is 54.2 Å². The molecule has 1 aromatic heterocycles. The molecule has 0 radical (unpaired) electrons. The van der Waals surface area contributed by atoms with Crippen LogP contribution in [-0.4, -0.2) is 10.8 Å². The quantitative estimate of drug-likeness (QED) is 0.747. The molecule has 1 aromatic carbocycles. The van der Waals surface area contributed by atoms with Gasteiger partial charge in [-0.25, -0.2) is 0 Å². The van der Waals surface area contributed by atoms with Gasteiger partial charge in [0.2, 0.25) is 0 Å². The molecule has 1 saturated carbocycles. The molecular formula is C15H13NO. The van der Waals surface area contributed by atoms with Crippen molar-refractivity contribution in [2.45, 2.75) is 12.8 Å². The molecule has 0 amide bonds. The molecule has 0 saturated heterocycles. The number of benzene rings is 1. The number of hydrogen-bond donors (Lipinski definition) is 0. The van der Waals surface area contributed by atoms with Crippen LogP contribution in [0.3, 0.4) is 0 Å². The number of nitrogens with zero attached hydrogens (tertiary/aromatic N) is 1. The van der Waals surface area contributed by atoms with Crippen molar-refractivity contribution in [2.75, 3.05) is 0 Å². The fourth-order valence-electron chi connectivity index (χ4n) is 1.90. The first kappa shape index (κ1) is 10.2. The third-order valence-corrected chi connectivity index (χ3v) is 3.07. The summed E-state index contributed by atoms with van der Waals surface area (Å²) >= 11 is 0. The number of hydrogen-bond acceptors (Lipinski definition) is 2. The highest BCUT2D eigenvalue weighted by Crippen LogP contribution is 2.32. The average Bonchev–Trinajstić information content (AvgIpc) is 3.24. The molecule has 0 bridgehead atoms. The van der Waals surface area contributed by atoms with Gasteiger partial charge < -0.3 is 0 Å². The van der Waals surface area contributed by atoms with E-state index in [9.17, 15) is 4.79 Å². The number of carbonyl (C=O) groups excluding carboxylic acids is 1. The molecule has 2 nitrogen and oxygen atoms in total. The van der Waals surface area contributed by atoms with Crippen molar-refractivity contribution in [3.63, 3.8) is 0 Å². The fraction of sp³-hybridized carbons (Fsp3) is 0.200. The Morgan fingerprint density at radius 1 is 1.06 bits per heavy atom. The minimum Gasteiger partial charge on any atom is -0.294 e. The summed E-state index contributed by atoms with van der Waals surface area (Å²) in [5, 5.41) is 0. The lowest BCUT2D eigenvalue weighted by molar-refractivity contribution is 0.0967. The standard InChI is InChI=1S/C15H13NO/c17-15(12-6-7-12)13-8-9-14(16-10-13)11-4-2-1-3-5-11/h1-5,8-10,12H,6-7H2. The first-order chi connectivity index (χ1) is 8.34. The van der Waals surface area contributed by atoms with E-state index in [1.165, 1.54) is 0 Å². The Labute approximate surface area is 100 Å². The molecule has 0 N–H and O–H groups in total. The number of aromatic nitrogens is 1. The van der Waals surface area contributed by atoms with Crippen LogP contribution in [0.15, 0.2) is 48.7 Å². The summed E-state index contributed by atoms with van der Waals surface area (Å²) in [5.74, 6) is 0.511. The van der Waals surface area contributed by atoms with Crippen LogP contribution in [0.1, 0.15) is 23.2 Å². The fourth-order valence-corrected chi connectivity index (χ4v) is 1.90. The lowest BCUT2D eigenvalue weighted by atomic mass is 10.1. The second-order valence-corrected chi connectivity index (χ2v) is 4.44. The maximum atomic E-state index is 11.8. The third kappa shape index (κ3) is 2.11. The second kappa shape index (κ2) is 4.13. The molecule has 1 heterocycles. The maximum absolute atomic E-state index is 11.8. The van der Waals surface area contributed by atoms with Gasteiger partial charge in [0.1, 0.15) is 0 Å². The zero-order valence-electron chi connectivity index (χ0n) is 9.47. The van der Waals surface area contributed by atoms with Gasteiger partial charge in [-0.05, 0) is 25.0 Å². The van der Waals surface area contributed by atoms with E-state index in [1.54, 1.807) is 6.20 Å². The highest BCUT2D eigenvalue weighted by Gasteiger charge is 2.30. The first-order valence-corrected chi connectivity index (χ1v) is 5.90. The summed E-state index contributed by atoms with van der Waals surface area (Å²) in [6, 6.07) is 13.8. The predicted molar refractivity (Wildman–Crippen MR) is 66.7 cm³/mol. The van der Waals surface area contributed by atoms with Crippen LogP contribution in [0.25, 0.3) is 11.3 Å². The Kier molecular flexibility index (Phi) is 2.48. The van der Waals surface area contributed by atoms with Crippen molar-refractivity contribution in [1.82, 2.24) is 4.98 Å². The minimum atomic E-state index is 0.247. The molecule has 84 valence electrons. The topological polar surface area (TPSA) is 30.0 Å². The van der Waals surface area contributed by atoms with Gasteiger partial charge in [-0.2, -0.15) is 0 Å². The van der Waals surface area contributed by atoms with E-state index in [1.807, 2.05) is 42.5 Å². The monoisotopic (exact) mass is 223 g/mol. The minimum absolute atomic E-state index is 0.247. The predicted octanol–water partition coefficient (Wildman–Crippen LogP) is 3.34. The van der Waals surface area contributed by atoms with E-state index in [-0.39, 0.29) is 11.7 Å². The number of Topliss-reactive ketones (excluding diaryl/α,β-unsaturated/α-hetero) is 1. The normalized spacial score (nSPS) is 14.6. The molecule has 17 heavy (non-hydrogen) atoms. The zero-order chi connectivity index (χ0) is 11.7. The molecule has 0 spiro atoms. The molecule has 0 unspecified atom stereocenters. The lowest BCUT2D eigenvalue weighted by Crippen LogP contribution is -2.01. The van der Waals surface area contributed by atoms with E-state index in [0.717, 1.165) is 29.7 Å². The molecule has 1 fully saturated rings. The maximum Gasteiger partial charge on any atom is 0.167 e. The molecular weight excluding hydrogens is 210 g/mol. The van der Waals surface area contributed by atoms with Crippen LogP contribution in [-0.2, 0) is 0 Å². The van der Waals surface area contributed by atoms with Gasteiger partial charge in [0.25, 0.3) is 0 Å². The number of ketones is 1. The third-order valence-electron chi connectivity index (χ3n) is 3.07. The first-order valence-electron chi connectivity index (χ1n) is 5.90. The molecule has 0 atom stereocenters. The Hall–Kier alpha value is -1.96. The summed E-state index contributed by atoms with van der Waals surface area (Å²) in [5.41, 5.74) is 2.74. The van der Waals surface area contributed by atoms with Crippen molar-refractivity contribution in [3.8, 4) is 11.3 Å². The van der Waals surface area contributed by atoms with Crippen molar-refractivity contribution in [1.29, 1.82) is 0 Å². The Morgan fingerprint density at radius 2 is 1.82 bits per heavy atom. The summed E-state index contributed by atoms with van der Waals surface area (Å²) in [6.45, 7) is 0. The Balaban J connectivity index is 1.87. The van der Waals surface area contributed by atoms with Crippen LogP contribution in [0.2, 0.25) is 0 Å². The van der Waals surface area contributed by atoms with Crippen LogP contribution >= 0.6 is 0 Å². The van der Waals surface area contributed by atoms with E-state index >= 15 is 0 Å². The molecule has 1 aliphatic carbocycles. The van der Waals surface area contributed by atoms with Gasteiger partial charge in [0.05, 0.1) is 5.69 Å². The van der Waals surface area contributed by atoms with Gasteiger partial charge in [-0.3, -0.25) is 9.78 Å². The van der Waals surface area contributed by atoms with E-state index in [0.29, 0.717) is 0 Å². The molecule has 2 aromatic rings. The summed E-state index contributed by atoms with van der Waals surface area (Å²) in [7, 11) is 0. The van der Waals surface area contributed by atoms with E-state index in [2.05, 4.69) is 4.98 Å². The van der Waals surface area contributed by atoms with Crippen LogP contribution in [0, 0.1) is 5.92 Å². The molecule has 0 aliphatic heterocycles. The lowest BCUT2D eigenvalue weighted by Gasteiger charge is -2.02. The van der Waals surface area contributed by atoms with Crippen LogP contribution < -0.4 is 0 Å². The Morgan fingerprint density at radius 3 is 2.41 bits per heavy atom. The van der Waals surface area contributed by atoms with Gasteiger partial charge in [0.15, 0.2) is 5.78 Å². The Bertz CT molecular complexity index is 527. The van der Waals surface area contributed by atoms with Crippen molar-refractivity contribution < 1.29 is 4.79 Å². The summed E-state index contributed by atoms with van der Waals surface area (Å²) in [6.07, 6.45) is 3.78. The molecule has 3 rings (SSSR count). The van der Waals surface area contributed by atoms with Gasteiger partial charge in [0, 0.05) is 23.2 Å². The van der Waals surface area contributed by atoms with Crippen molar-refractivity contribution in [2.24, 2.45) is 5.92 Å². The number of pyridine rings is 1. The van der Waals surface area contributed by atoms with E-state index < -0.39 is 0 Å².